The molecular weight excluding hydrogens is 162 g/mol. The lowest BCUT2D eigenvalue weighted by atomic mass is 10.3. The Labute approximate surface area is 80.0 Å². The van der Waals surface area contributed by atoms with Crippen molar-refractivity contribution in [1.29, 1.82) is 0 Å². The smallest absolute Gasteiger partial charge is 0.191 e. The SMILES string of the molecule is C[C@H]1C[C@H]1CNC1=NCCCCN1. The summed E-state index contributed by atoms with van der Waals surface area (Å²) in [5.41, 5.74) is 0. The van der Waals surface area contributed by atoms with Crippen molar-refractivity contribution < 1.29 is 0 Å². The van der Waals surface area contributed by atoms with Crippen molar-refractivity contribution in [2.45, 2.75) is 26.2 Å². The van der Waals surface area contributed by atoms with Gasteiger partial charge in [-0.2, -0.15) is 0 Å². The summed E-state index contributed by atoms with van der Waals surface area (Å²) in [7, 11) is 0. The summed E-state index contributed by atoms with van der Waals surface area (Å²) in [6, 6.07) is 0. The van der Waals surface area contributed by atoms with Gasteiger partial charge in [-0.25, -0.2) is 0 Å². The summed E-state index contributed by atoms with van der Waals surface area (Å²) in [5.74, 6) is 2.85. The minimum Gasteiger partial charge on any atom is -0.356 e. The summed E-state index contributed by atoms with van der Waals surface area (Å²) in [4.78, 5) is 4.44. The zero-order valence-corrected chi connectivity index (χ0v) is 8.34. The Hall–Kier alpha value is -0.730. The summed E-state index contributed by atoms with van der Waals surface area (Å²) in [6.07, 6.45) is 3.85. The molecule has 0 radical (unpaired) electrons. The van der Waals surface area contributed by atoms with Crippen molar-refractivity contribution in [1.82, 2.24) is 10.6 Å². The second-order valence-corrected chi connectivity index (χ2v) is 4.22. The highest BCUT2D eigenvalue weighted by Crippen LogP contribution is 2.36. The van der Waals surface area contributed by atoms with E-state index in [1.165, 1.54) is 19.3 Å². The van der Waals surface area contributed by atoms with E-state index in [0.717, 1.165) is 37.4 Å². The highest BCUT2D eigenvalue weighted by molar-refractivity contribution is 5.79. The average Bonchev–Trinajstić information content (AvgIpc) is 2.85. The number of rotatable bonds is 2. The lowest BCUT2D eigenvalue weighted by Gasteiger charge is -2.08. The fourth-order valence-corrected chi connectivity index (χ4v) is 1.72. The summed E-state index contributed by atoms with van der Waals surface area (Å²) >= 11 is 0. The number of hydrogen-bond donors (Lipinski definition) is 2. The third kappa shape index (κ3) is 2.61. The Kier molecular flexibility index (Phi) is 2.71. The van der Waals surface area contributed by atoms with Gasteiger partial charge in [0.05, 0.1) is 0 Å². The average molecular weight is 181 g/mol. The van der Waals surface area contributed by atoms with Crippen molar-refractivity contribution in [2.24, 2.45) is 16.8 Å². The lowest BCUT2D eigenvalue weighted by Crippen LogP contribution is -2.38. The number of aliphatic imine (C=N–C) groups is 1. The second-order valence-electron chi connectivity index (χ2n) is 4.22. The minimum atomic E-state index is 0.896. The van der Waals surface area contributed by atoms with E-state index in [2.05, 4.69) is 22.5 Å². The first-order valence-corrected chi connectivity index (χ1v) is 5.38. The van der Waals surface area contributed by atoms with E-state index in [1.54, 1.807) is 0 Å². The fraction of sp³-hybridized carbons (Fsp3) is 0.900. The maximum Gasteiger partial charge on any atom is 0.191 e. The molecule has 0 aromatic rings. The zero-order valence-electron chi connectivity index (χ0n) is 8.34. The molecule has 74 valence electrons. The molecule has 13 heavy (non-hydrogen) atoms. The van der Waals surface area contributed by atoms with Crippen LogP contribution in [0.3, 0.4) is 0 Å². The summed E-state index contributed by atoms with van der Waals surface area (Å²) in [6.45, 7) is 5.48. The third-order valence-electron chi connectivity index (χ3n) is 2.96. The van der Waals surface area contributed by atoms with Crippen molar-refractivity contribution >= 4 is 5.96 Å². The molecule has 3 heteroatoms. The van der Waals surface area contributed by atoms with Crippen molar-refractivity contribution in [3.63, 3.8) is 0 Å². The van der Waals surface area contributed by atoms with Crippen LogP contribution in [0.5, 0.6) is 0 Å². The van der Waals surface area contributed by atoms with Crippen LogP contribution < -0.4 is 10.6 Å². The monoisotopic (exact) mass is 181 g/mol. The molecule has 0 saturated heterocycles. The molecule has 1 aliphatic heterocycles. The molecule has 3 nitrogen and oxygen atoms in total. The maximum atomic E-state index is 4.44. The van der Waals surface area contributed by atoms with Gasteiger partial charge in [0.25, 0.3) is 0 Å². The molecule has 0 aromatic heterocycles. The van der Waals surface area contributed by atoms with E-state index in [4.69, 9.17) is 0 Å². The predicted molar refractivity (Wildman–Crippen MR) is 54.8 cm³/mol. The Bertz CT molecular complexity index is 200. The van der Waals surface area contributed by atoms with Gasteiger partial charge >= 0.3 is 0 Å². The number of hydrogen-bond acceptors (Lipinski definition) is 3. The van der Waals surface area contributed by atoms with Crippen LogP contribution in [0.1, 0.15) is 26.2 Å². The lowest BCUT2D eigenvalue weighted by molar-refractivity contribution is 0.693. The Morgan fingerprint density at radius 1 is 1.54 bits per heavy atom. The molecule has 2 rings (SSSR count). The molecule has 0 spiro atoms. The normalized spacial score (nSPS) is 32.8. The van der Waals surface area contributed by atoms with Crippen LogP contribution in [0.25, 0.3) is 0 Å². The van der Waals surface area contributed by atoms with Crippen LogP contribution in [-0.4, -0.2) is 25.6 Å². The summed E-state index contributed by atoms with van der Waals surface area (Å²) in [5, 5.41) is 6.71. The zero-order chi connectivity index (χ0) is 9.10. The number of nitrogens with zero attached hydrogens (tertiary/aromatic N) is 1. The molecule has 2 aliphatic rings. The first kappa shape index (κ1) is 8.85. The van der Waals surface area contributed by atoms with Crippen LogP contribution in [0.4, 0.5) is 0 Å². The van der Waals surface area contributed by atoms with Crippen LogP contribution >= 0.6 is 0 Å². The first-order chi connectivity index (χ1) is 6.36. The van der Waals surface area contributed by atoms with Gasteiger partial charge in [-0.05, 0) is 31.1 Å². The van der Waals surface area contributed by atoms with E-state index in [9.17, 15) is 0 Å². The highest BCUT2D eigenvalue weighted by Gasteiger charge is 2.32. The quantitative estimate of drug-likeness (QED) is 0.666. The molecule has 0 aromatic carbocycles. The van der Waals surface area contributed by atoms with Crippen LogP contribution in [0, 0.1) is 11.8 Å². The highest BCUT2D eigenvalue weighted by atomic mass is 15.2. The fourth-order valence-electron chi connectivity index (χ4n) is 1.72. The molecule has 1 aliphatic carbocycles. The Morgan fingerprint density at radius 2 is 2.38 bits per heavy atom. The van der Waals surface area contributed by atoms with Gasteiger partial charge in [0.15, 0.2) is 5.96 Å². The maximum absolute atomic E-state index is 4.44. The largest absolute Gasteiger partial charge is 0.356 e. The molecule has 0 unspecified atom stereocenters. The van der Waals surface area contributed by atoms with Crippen molar-refractivity contribution in [3.05, 3.63) is 0 Å². The Balaban J connectivity index is 1.70. The first-order valence-electron chi connectivity index (χ1n) is 5.38. The van der Waals surface area contributed by atoms with E-state index in [1.807, 2.05) is 0 Å². The van der Waals surface area contributed by atoms with E-state index < -0.39 is 0 Å². The van der Waals surface area contributed by atoms with Gasteiger partial charge in [-0.3, -0.25) is 4.99 Å². The second kappa shape index (κ2) is 3.99. The van der Waals surface area contributed by atoms with Crippen LogP contribution in [-0.2, 0) is 0 Å². The summed E-state index contributed by atoms with van der Waals surface area (Å²) < 4.78 is 0. The number of guanidine groups is 1. The molecule has 1 saturated carbocycles. The van der Waals surface area contributed by atoms with Crippen LogP contribution in [0.2, 0.25) is 0 Å². The van der Waals surface area contributed by atoms with Crippen LogP contribution in [0.15, 0.2) is 4.99 Å². The Morgan fingerprint density at radius 3 is 3.15 bits per heavy atom. The molecule has 1 heterocycles. The van der Waals surface area contributed by atoms with Gasteiger partial charge < -0.3 is 10.6 Å². The van der Waals surface area contributed by atoms with E-state index in [0.29, 0.717) is 0 Å². The van der Waals surface area contributed by atoms with Gasteiger partial charge in [0.2, 0.25) is 0 Å². The van der Waals surface area contributed by atoms with Crippen molar-refractivity contribution in [3.8, 4) is 0 Å². The predicted octanol–water partition coefficient (Wildman–Crippen LogP) is 0.971. The molecular formula is C10H19N3. The van der Waals surface area contributed by atoms with Gasteiger partial charge in [-0.1, -0.05) is 6.92 Å². The molecule has 2 atom stereocenters. The van der Waals surface area contributed by atoms with Gasteiger partial charge in [-0.15, -0.1) is 0 Å². The molecule has 1 fully saturated rings. The minimum absolute atomic E-state index is 0.896. The molecule has 2 N–H and O–H groups in total. The van der Waals surface area contributed by atoms with E-state index in [-0.39, 0.29) is 0 Å². The third-order valence-corrected chi connectivity index (χ3v) is 2.96. The molecule has 0 bridgehead atoms. The number of nitrogens with one attached hydrogen (secondary N) is 2. The van der Waals surface area contributed by atoms with Crippen molar-refractivity contribution in [2.75, 3.05) is 19.6 Å². The molecule has 0 amide bonds. The van der Waals surface area contributed by atoms with Gasteiger partial charge in [0.1, 0.15) is 0 Å². The topological polar surface area (TPSA) is 36.4 Å². The van der Waals surface area contributed by atoms with Gasteiger partial charge in [0, 0.05) is 19.6 Å². The standard InChI is InChI=1S/C10H19N3/c1-8-6-9(8)7-13-10-11-4-2-3-5-12-10/h8-9H,2-7H2,1H3,(H2,11,12,13)/t8-,9-/m0/s1. The van der Waals surface area contributed by atoms with E-state index >= 15 is 0 Å².